The van der Waals surface area contributed by atoms with E-state index in [1.165, 1.54) is 4.90 Å². The van der Waals surface area contributed by atoms with E-state index in [-0.39, 0.29) is 46.1 Å². The molecule has 2 amide bonds. The summed E-state index contributed by atoms with van der Waals surface area (Å²) in [4.78, 5) is 42.1. The minimum absolute atomic E-state index is 0.0404. The number of piperazine rings is 1. The van der Waals surface area contributed by atoms with Gasteiger partial charge in [0.2, 0.25) is 11.8 Å². The topological polar surface area (TPSA) is 87.0 Å². The summed E-state index contributed by atoms with van der Waals surface area (Å²) >= 11 is 0. The normalized spacial score (nSPS) is 31.0. The Morgan fingerprint density at radius 3 is 2.00 bits per heavy atom. The average Bonchev–Trinajstić information content (AvgIpc) is 3.42. The number of hydrogen-bond acceptors (Lipinski definition) is 6. The van der Waals surface area contributed by atoms with Crippen molar-refractivity contribution in [1.82, 2.24) is 14.7 Å². The summed E-state index contributed by atoms with van der Waals surface area (Å²) in [5.41, 5.74) is 1.18. The van der Waals surface area contributed by atoms with Gasteiger partial charge in [0.25, 0.3) is 5.69 Å². The Bertz CT molecular complexity index is 861. The van der Waals surface area contributed by atoms with Gasteiger partial charge < -0.3 is 0 Å². The minimum atomic E-state index is -0.382. The number of hydrogen-bond donors (Lipinski definition) is 0. The maximum atomic E-state index is 12.8. The van der Waals surface area contributed by atoms with E-state index in [1.54, 1.807) is 12.1 Å². The van der Waals surface area contributed by atoms with E-state index >= 15 is 0 Å². The second kappa shape index (κ2) is 7.59. The fourth-order valence-electron chi connectivity index (χ4n) is 5.58. The number of carbonyl (C=O) groups excluding carboxylic acids is 2. The second-order valence-electron chi connectivity index (χ2n) is 8.87. The summed E-state index contributed by atoms with van der Waals surface area (Å²) in [6.07, 6.45) is 5.23. The van der Waals surface area contributed by atoms with Crippen molar-refractivity contribution in [2.45, 2.75) is 13.0 Å². The lowest BCUT2D eigenvalue weighted by Crippen LogP contribution is -2.48. The zero-order valence-electron chi connectivity index (χ0n) is 16.9. The molecule has 4 aliphatic rings. The predicted molar refractivity (Wildman–Crippen MR) is 109 cm³/mol. The molecular formula is C22H26N4O4. The molecule has 4 atom stereocenters. The Morgan fingerprint density at radius 1 is 0.867 bits per heavy atom. The van der Waals surface area contributed by atoms with Crippen molar-refractivity contribution < 1.29 is 14.5 Å². The molecule has 8 heteroatoms. The van der Waals surface area contributed by atoms with Crippen LogP contribution < -0.4 is 0 Å². The molecular weight excluding hydrogens is 384 g/mol. The van der Waals surface area contributed by atoms with E-state index in [2.05, 4.69) is 22.0 Å². The molecule has 2 saturated heterocycles. The third kappa shape index (κ3) is 3.33. The zero-order valence-corrected chi connectivity index (χ0v) is 16.9. The fraction of sp³-hybridized carbons (Fsp3) is 0.545. The largest absolute Gasteiger partial charge is 0.299 e. The average molecular weight is 410 g/mol. The Balaban J connectivity index is 1.09. The molecule has 1 aromatic carbocycles. The number of non-ortho nitro benzene ring substituents is 1. The van der Waals surface area contributed by atoms with Gasteiger partial charge in [-0.1, -0.05) is 24.3 Å². The standard InChI is InChI=1S/C22H26N4O4/c27-21-19-16-3-4-17(13-16)20(19)22(28)25(21)12-11-23-7-9-24(10-8-23)14-15-1-5-18(6-2-15)26(29)30/h1-6,16-17,19-20H,7-14H2/t16-,17+,19-,20-/m0/s1. The minimum Gasteiger partial charge on any atom is -0.299 e. The van der Waals surface area contributed by atoms with E-state index < -0.39 is 0 Å². The van der Waals surface area contributed by atoms with Crippen LogP contribution in [0.2, 0.25) is 0 Å². The van der Waals surface area contributed by atoms with Gasteiger partial charge in [-0.2, -0.15) is 0 Å². The van der Waals surface area contributed by atoms with Crippen molar-refractivity contribution in [2.75, 3.05) is 39.3 Å². The molecule has 30 heavy (non-hydrogen) atoms. The first-order valence-electron chi connectivity index (χ1n) is 10.7. The SMILES string of the molecule is O=C1[C@@H]2[C@@H](C(=O)N1CCN1CCN(Cc3ccc([N+](=O)[O-])cc3)CC1)[C@H]1C=C[C@@H]2C1. The van der Waals surface area contributed by atoms with Crippen LogP contribution in [-0.4, -0.2) is 70.7 Å². The van der Waals surface area contributed by atoms with Crippen molar-refractivity contribution in [3.8, 4) is 0 Å². The number of benzene rings is 1. The third-order valence-electron chi connectivity index (χ3n) is 7.22. The van der Waals surface area contributed by atoms with Gasteiger partial charge in [0.15, 0.2) is 0 Å². The Labute approximate surface area is 175 Å². The summed E-state index contributed by atoms with van der Waals surface area (Å²) < 4.78 is 0. The van der Waals surface area contributed by atoms with Crippen LogP contribution in [0.1, 0.15) is 12.0 Å². The fourth-order valence-corrected chi connectivity index (χ4v) is 5.58. The number of amides is 2. The van der Waals surface area contributed by atoms with Crippen LogP contribution in [-0.2, 0) is 16.1 Å². The number of carbonyl (C=O) groups is 2. The number of imide groups is 1. The van der Waals surface area contributed by atoms with Crippen LogP contribution in [0.5, 0.6) is 0 Å². The maximum absolute atomic E-state index is 12.8. The molecule has 0 N–H and O–H groups in total. The molecule has 2 aliphatic heterocycles. The van der Waals surface area contributed by atoms with Crippen LogP contribution in [0.15, 0.2) is 36.4 Å². The third-order valence-corrected chi connectivity index (χ3v) is 7.22. The summed E-state index contributed by atoms with van der Waals surface area (Å²) in [5.74, 6) is 0.406. The van der Waals surface area contributed by atoms with Gasteiger partial charge in [-0.25, -0.2) is 0 Å². The molecule has 2 bridgehead atoms. The lowest BCUT2D eigenvalue weighted by atomic mass is 9.85. The summed E-state index contributed by atoms with van der Waals surface area (Å²) in [6, 6.07) is 6.72. The molecule has 0 radical (unpaired) electrons. The van der Waals surface area contributed by atoms with Crippen molar-refractivity contribution >= 4 is 17.5 Å². The van der Waals surface area contributed by atoms with Crippen LogP contribution in [0.3, 0.4) is 0 Å². The first-order chi connectivity index (χ1) is 14.5. The van der Waals surface area contributed by atoms with Crippen LogP contribution >= 0.6 is 0 Å². The number of fused-ring (bicyclic) bond motifs is 5. The summed E-state index contributed by atoms with van der Waals surface area (Å²) in [6.45, 7) is 5.58. The van der Waals surface area contributed by atoms with Crippen LogP contribution in [0, 0.1) is 33.8 Å². The molecule has 1 saturated carbocycles. The maximum Gasteiger partial charge on any atom is 0.269 e. The van der Waals surface area contributed by atoms with E-state index in [4.69, 9.17) is 0 Å². The molecule has 2 heterocycles. The smallest absolute Gasteiger partial charge is 0.269 e. The van der Waals surface area contributed by atoms with E-state index in [9.17, 15) is 19.7 Å². The molecule has 5 rings (SSSR count). The van der Waals surface area contributed by atoms with E-state index in [0.29, 0.717) is 6.54 Å². The van der Waals surface area contributed by atoms with E-state index in [0.717, 1.165) is 51.3 Å². The highest BCUT2D eigenvalue weighted by Gasteiger charge is 2.59. The van der Waals surface area contributed by atoms with Crippen molar-refractivity contribution in [1.29, 1.82) is 0 Å². The van der Waals surface area contributed by atoms with Gasteiger partial charge in [0.05, 0.1) is 16.8 Å². The first kappa shape index (κ1) is 19.4. The highest BCUT2D eigenvalue weighted by Crippen LogP contribution is 2.52. The number of nitrogens with zero attached hydrogens (tertiary/aromatic N) is 4. The van der Waals surface area contributed by atoms with Gasteiger partial charge in [-0.15, -0.1) is 0 Å². The van der Waals surface area contributed by atoms with E-state index in [1.807, 2.05) is 12.1 Å². The van der Waals surface area contributed by atoms with Crippen molar-refractivity contribution in [3.63, 3.8) is 0 Å². The first-order valence-corrected chi connectivity index (χ1v) is 10.7. The molecule has 0 spiro atoms. The number of nitro benzene ring substituents is 1. The lowest BCUT2D eigenvalue weighted by Gasteiger charge is -2.35. The molecule has 8 nitrogen and oxygen atoms in total. The molecule has 1 aromatic rings. The number of nitro groups is 1. The Hall–Kier alpha value is -2.58. The van der Waals surface area contributed by atoms with Crippen molar-refractivity contribution in [2.24, 2.45) is 23.7 Å². The van der Waals surface area contributed by atoms with Crippen molar-refractivity contribution in [3.05, 3.63) is 52.1 Å². The Kier molecular flexibility index (Phi) is 4.91. The van der Waals surface area contributed by atoms with Crippen LogP contribution in [0.4, 0.5) is 5.69 Å². The molecule has 2 aliphatic carbocycles. The molecule has 0 unspecified atom stereocenters. The van der Waals surface area contributed by atoms with Gasteiger partial charge in [0, 0.05) is 57.9 Å². The molecule has 0 aromatic heterocycles. The lowest BCUT2D eigenvalue weighted by molar-refractivity contribution is -0.384. The quantitative estimate of drug-likeness (QED) is 0.306. The highest BCUT2D eigenvalue weighted by atomic mass is 16.6. The second-order valence-corrected chi connectivity index (χ2v) is 8.87. The Morgan fingerprint density at radius 2 is 1.43 bits per heavy atom. The number of allylic oxidation sites excluding steroid dienone is 2. The van der Waals surface area contributed by atoms with Crippen LogP contribution in [0.25, 0.3) is 0 Å². The molecule has 158 valence electrons. The van der Waals surface area contributed by atoms with Gasteiger partial charge in [0.1, 0.15) is 0 Å². The summed E-state index contributed by atoms with van der Waals surface area (Å²) in [5, 5.41) is 10.8. The highest BCUT2D eigenvalue weighted by molar-refractivity contribution is 6.06. The zero-order chi connectivity index (χ0) is 20.8. The predicted octanol–water partition coefficient (Wildman–Crippen LogP) is 1.52. The monoisotopic (exact) mass is 410 g/mol. The molecule has 3 fully saturated rings. The number of likely N-dealkylation sites (tertiary alicyclic amines) is 1. The summed E-state index contributed by atoms with van der Waals surface area (Å²) in [7, 11) is 0. The van der Waals surface area contributed by atoms with Gasteiger partial charge in [-0.3, -0.25) is 34.4 Å². The van der Waals surface area contributed by atoms with Gasteiger partial charge in [-0.05, 0) is 23.8 Å². The number of rotatable bonds is 6. The van der Waals surface area contributed by atoms with Gasteiger partial charge >= 0.3 is 0 Å².